The Balaban J connectivity index is 1.71. The van der Waals surface area contributed by atoms with Gasteiger partial charge in [0.1, 0.15) is 5.57 Å². The van der Waals surface area contributed by atoms with Gasteiger partial charge in [-0.05, 0) is 86.7 Å². The van der Waals surface area contributed by atoms with Gasteiger partial charge in [-0.2, -0.15) is 0 Å². The molecule has 0 aliphatic carbocycles. The molecule has 4 rings (SSSR count). The van der Waals surface area contributed by atoms with Gasteiger partial charge < -0.3 is 4.57 Å². The molecular weight excluding hydrogens is 462 g/mol. The molecule has 35 heavy (non-hydrogen) atoms. The van der Waals surface area contributed by atoms with E-state index in [1.54, 1.807) is 31.2 Å². The first-order chi connectivity index (χ1) is 16.7. The van der Waals surface area contributed by atoms with Crippen molar-refractivity contribution in [1.82, 2.24) is 9.88 Å². The fraction of sp³-hybridized carbons (Fsp3) is 0.250. The first-order valence-electron chi connectivity index (χ1n) is 11.7. The molecule has 180 valence electrons. The van der Waals surface area contributed by atoms with Crippen molar-refractivity contribution in [1.29, 1.82) is 0 Å². The first-order valence-corrected chi connectivity index (χ1v) is 12.1. The molecule has 0 unspecified atom stereocenters. The van der Waals surface area contributed by atoms with Crippen LogP contribution in [-0.2, 0) is 16.0 Å². The van der Waals surface area contributed by atoms with Crippen molar-refractivity contribution in [3.8, 4) is 5.69 Å². The van der Waals surface area contributed by atoms with Crippen LogP contribution in [0.3, 0.4) is 0 Å². The van der Waals surface area contributed by atoms with E-state index in [4.69, 9.17) is 11.6 Å². The molecule has 0 saturated carbocycles. The second-order valence-corrected chi connectivity index (χ2v) is 9.18. The minimum atomic E-state index is -0.795. The monoisotopic (exact) mass is 489 g/mol. The van der Waals surface area contributed by atoms with Crippen molar-refractivity contribution in [2.24, 2.45) is 0 Å². The molecule has 6 nitrogen and oxygen atoms in total. The zero-order valence-corrected chi connectivity index (χ0v) is 21.1. The van der Waals surface area contributed by atoms with Gasteiger partial charge in [0, 0.05) is 22.1 Å². The van der Waals surface area contributed by atoms with Gasteiger partial charge in [-0.1, -0.05) is 43.1 Å². The van der Waals surface area contributed by atoms with E-state index in [1.807, 2.05) is 19.9 Å². The summed E-state index contributed by atoms with van der Waals surface area (Å²) >= 11 is 6.20. The van der Waals surface area contributed by atoms with Crippen LogP contribution in [0.4, 0.5) is 10.5 Å². The Labute approximate surface area is 210 Å². The summed E-state index contributed by atoms with van der Waals surface area (Å²) in [5, 5.41) is 2.71. The summed E-state index contributed by atoms with van der Waals surface area (Å²) in [6, 6.07) is 14.5. The van der Waals surface area contributed by atoms with Crippen LogP contribution in [0.5, 0.6) is 0 Å². The average Bonchev–Trinajstić information content (AvgIpc) is 3.11. The lowest BCUT2D eigenvalue weighted by Gasteiger charge is -2.27. The lowest BCUT2D eigenvalue weighted by molar-refractivity contribution is -0.122. The third-order valence-electron chi connectivity index (χ3n) is 6.37. The second-order valence-electron chi connectivity index (χ2n) is 8.77. The molecule has 0 radical (unpaired) electrons. The van der Waals surface area contributed by atoms with Crippen LogP contribution in [0.1, 0.15) is 47.8 Å². The van der Waals surface area contributed by atoms with Crippen molar-refractivity contribution in [2.45, 2.75) is 47.0 Å². The number of hydrogen-bond donors (Lipinski definition) is 1. The number of amides is 4. The number of rotatable bonds is 6. The van der Waals surface area contributed by atoms with Crippen molar-refractivity contribution < 1.29 is 14.4 Å². The van der Waals surface area contributed by atoms with Gasteiger partial charge in [-0.15, -0.1) is 0 Å². The maximum absolute atomic E-state index is 13.3. The lowest BCUT2D eigenvalue weighted by atomic mass is 10.1. The highest BCUT2D eigenvalue weighted by molar-refractivity contribution is 6.40. The van der Waals surface area contributed by atoms with Gasteiger partial charge in [-0.3, -0.25) is 14.9 Å². The number of urea groups is 1. The summed E-state index contributed by atoms with van der Waals surface area (Å²) in [4.78, 5) is 39.5. The van der Waals surface area contributed by atoms with Crippen LogP contribution in [0, 0.1) is 20.8 Å². The van der Waals surface area contributed by atoms with Gasteiger partial charge in [0.2, 0.25) is 0 Å². The SMILES string of the molecule is CCCCc1ccc(-n2c(C)cc(/C=C3\C(=O)NC(=O)N(c4cccc(Cl)c4C)C3=O)c2C)cc1. The smallest absolute Gasteiger partial charge is 0.318 e. The highest BCUT2D eigenvalue weighted by atomic mass is 35.5. The number of benzene rings is 2. The van der Waals surface area contributed by atoms with Gasteiger partial charge in [-0.25, -0.2) is 9.69 Å². The second kappa shape index (κ2) is 9.92. The number of imide groups is 2. The number of carbonyl (C=O) groups excluding carboxylic acids is 3. The average molecular weight is 490 g/mol. The lowest BCUT2D eigenvalue weighted by Crippen LogP contribution is -2.54. The summed E-state index contributed by atoms with van der Waals surface area (Å²) in [5.74, 6) is -1.41. The fourth-order valence-corrected chi connectivity index (χ4v) is 4.56. The summed E-state index contributed by atoms with van der Waals surface area (Å²) in [6.07, 6.45) is 4.91. The number of barbiturate groups is 1. The van der Waals surface area contributed by atoms with E-state index in [0.29, 0.717) is 16.3 Å². The predicted octanol–water partition coefficient (Wildman–Crippen LogP) is 6.06. The molecule has 1 N–H and O–H groups in total. The number of halogens is 1. The number of unbranched alkanes of at least 4 members (excludes halogenated alkanes) is 1. The van der Waals surface area contributed by atoms with Crippen LogP contribution in [0.15, 0.2) is 54.1 Å². The minimum absolute atomic E-state index is 0.112. The Morgan fingerprint density at radius 1 is 1.00 bits per heavy atom. The van der Waals surface area contributed by atoms with Crippen LogP contribution >= 0.6 is 11.6 Å². The normalized spacial score (nSPS) is 15.2. The van der Waals surface area contributed by atoms with E-state index in [-0.39, 0.29) is 5.57 Å². The van der Waals surface area contributed by atoms with E-state index in [2.05, 4.69) is 41.1 Å². The molecule has 2 heterocycles. The molecule has 0 bridgehead atoms. The summed E-state index contributed by atoms with van der Waals surface area (Å²) < 4.78 is 2.09. The number of aromatic nitrogens is 1. The van der Waals surface area contributed by atoms with Crippen LogP contribution in [-0.4, -0.2) is 22.4 Å². The molecule has 1 aliphatic heterocycles. The largest absolute Gasteiger partial charge is 0.335 e. The Bertz CT molecular complexity index is 1350. The predicted molar refractivity (Wildman–Crippen MR) is 139 cm³/mol. The Kier molecular flexibility index (Phi) is 6.94. The molecule has 3 aromatic rings. The maximum atomic E-state index is 13.3. The zero-order valence-electron chi connectivity index (χ0n) is 20.3. The number of aryl methyl sites for hydroxylation is 2. The molecule has 1 saturated heterocycles. The molecule has 1 aliphatic rings. The summed E-state index contributed by atoms with van der Waals surface area (Å²) in [7, 11) is 0. The van der Waals surface area contributed by atoms with Crippen molar-refractivity contribution in [2.75, 3.05) is 4.90 Å². The summed E-state index contributed by atoms with van der Waals surface area (Å²) in [6.45, 7) is 7.83. The van der Waals surface area contributed by atoms with Crippen molar-refractivity contribution >= 4 is 41.2 Å². The van der Waals surface area contributed by atoms with Gasteiger partial charge in [0.25, 0.3) is 11.8 Å². The highest BCUT2D eigenvalue weighted by Gasteiger charge is 2.37. The number of carbonyl (C=O) groups is 3. The van der Waals surface area contributed by atoms with Crippen LogP contribution < -0.4 is 10.2 Å². The van der Waals surface area contributed by atoms with E-state index in [1.165, 1.54) is 5.56 Å². The molecule has 1 aromatic heterocycles. The Morgan fingerprint density at radius 2 is 1.71 bits per heavy atom. The number of nitrogens with zero attached hydrogens (tertiary/aromatic N) is 2. The van der Waals surface area contributed by atoms with E-state index in [0.717, 1.165) is 46.8 Å². The Morgan fingerprint density at radius 3 is 2.40 bits per heavy atom. The number of hydrogen-bond acceptors (Lipinski definition) is 3. The minimum Gasteiger partial charge on any atom is -0.318 e. The molecule has 1 fully saturated rings. The number of anilines is 1. The molecule has 0 atom stereocenters. The fourth-order valence-electron chi connectivity index (χ4n) is 4.39. The van der Waals surface area contributed by atoms with Crippen LogP contribution in [0.2, 0.25) is 5.02 Å². The summed E-state index contributed by atoms with van der Waals surface area (Å²) in [5.41, 5.74) is 5.70. The maximum Gasteiger partial charge on any atom is 0.335 e. The third-order valence-corrected chi connectivity index (χ3v) is 6.77. The van der Waals surface area contributed by atoms with Crippen molar-refractivity contribution in [3.63, 3.8) is 0 Å². The molecule has 2 aromatic carbocycles. The van der Waals surface area contributed by atoms with Crippen LogP contribution in [0.25, 0.3) is 11.8 Å². The van der Waals surface area contributed by atoms with Gasteiger partial charge in [0.15, 0.2) is 0 Å². The van der Waals surface area contributed by atoms with Gasteiger partial charge in [0.05, 0.1) is 5.69 Å². The third kappa shape index (κ3) is 4.66. The van der Waals surface area contributed by atoms with E-state index < -0.39 is 17.8 Å². The quantitative estimate of drug-likeness (QED) is 0.337. The molecular formula is C28H28ClN3O3. The molecule has 4 amide bonds. The standard InChI is InChI=1S/C28H28ClN3O3/c1-5-6-8-20-11-13-22(14-12-20)31-17(2)15-21(19(31)4)16-23-26(33)30-28(35)32(27(23)34)25-10-7-9-24(29)18(25)3/h7,9-16H,5-6,8H2,1-4H3,(H,30,33,35)/b23-16+. The Hall–Kier alpha value is -3.64. The van der Waals surface area contributed by atoms with Crippen molar-refractivity contribution in [3.05, 3.63) is 87.2 Å². The van der Waals surface area contributed by atoms with Gasteiger partial charge >= 0.3 is 6.03 Å². The topological polar surface area (TPSA) is 71.4 Å². The highest BCUT2D eigenvalue weighted by Crippen LogP contribution is 2.30. The zero-order chi connectivity index (χ0) is 25.3. The molecule has 7 heteroatoms. The molecule has 0 spiro atoms. The first kappa shape index (κ1) is 24.5. The number of nitrogens with one attached hydrogen (secondary N) is 1. The van der Waals surface area contributed by atoms with E-state index >= 15 is 0 Å². The van der Waals surface area contributed by atoms with E-state index in [9.17, 15) is 14.4 Å².